The number of anilines is 1. The fourth-order valence-electron chi connectivity index (χ4n) is 6.63. The van der Waals surface area contributed by atoms with Crippen molar-refractivity contribution in [3.63, 3.8) is 0 Å². The number of nitrogens with one attached hydrogen (secondary N) is 2. The molecule has 448 valence electrons. The van der Waals surface area contributed by atoms with Gasteiger partial charge in [0, 0.05) is 25.8 Å². The molecule has 4 aromatic carbocycles. The summed E-state index contributed by atoms with van der Waals surface area (Å²) in [6.45, 7) is 7.15. The van der Waals surface area contributed by atoms with Gasteiger partial charge >= 0.3 is 42.4 Å². The first-order valence-electron chi connectivity index (χ1n) is 23.0. The number of ether oxygens (including phenoxy) is 5. The second-order valence-electron chi connectivity index (χ2n) is 16.8. The Hall–Kier alpha value is -5.92. The van der Waals surface area contributed by atoms with E-state index >= 15 is 0 Å². The average molecular weight is 1290 g/mol. The fraction of sp³-hybridized carbons (Fsp3) is 0.360. The number of para-hydroxylation sites is 1. The lowest BCUT2D eigenvalue weighted by Gasteiger charge is -2.24. The average Bonchev–Trinajstić information content (AvgIpc) is 3.10. The van der Waals surface area contributed by atoms with Crippen molar-refractivity contribution in [2.75, 3.05) is 32.8 Å². The van der Waals surface area contributed by atoms with Crippen LogP contribution in [-0.2, 0) is 49.4 Å². The highest BCUT2D eigenvalue weighted by Crippen LogP contribution is 2.62. The Kier molecular flexibility index (Phi) is 26.2. The van der Waals surface area contributed by atoms with Crippen molar-refractivity contribution in [1.29, 1.82) is 5.26 Å². The van der Waals surface area contributed by atoms with Crippen LogP contribution in [0.5, 0.6) is 17.2 Å². The first kappa shape index (κ1) is 70.3. The Morgan fingerprint density at radius 1 is 0.841 bits per heavy atom. The van der Waals surface area contributed by atoms with Crippen LogP contribution in [0.3, 0.4) is 0 Å². The number of alkyl halides is 9. The summed E-state index contributed by atoms with van der Waals surface area (Å²) in [6.07, 6.45) is -21.2. The van der Waals surface area contributed by atoms with Gasteiger partial charge in [-0.25, -0.2) is 18.0 Å². The van der Waals surface area contributed by atoms with Crippen LogP contribution in [0.25, 0.3) is 0 Å². The highest BCUT2D eigenvalue weighted by Gasteiger charge is 2.63. The minimum atomic E-state index is -5.94. The predicted molar refractivity (Wildman–Crippen MR) is 282 cm³/mol. The van der Waals surface area contributed by atoms with E-state index < -0.39 is 132 Å². The Morgan fingerprint density at radius 3 is 1.95 bits per heavy atom. The SMILES string of the molecule is CC1(C)[C@H](C(=O)OC(C#N)c2cccc(Oc3ccccc3)c2)[C@@H]1/C=C(\Cl)C(F)(F)F.CCOC(=O)CC(SP(=S)(OC)OC)C(=O)OCC.O=C(NC(=O)c1c(F)cccc1F)Nc1cc(Cl)c(OC(F)(F)C(F)C(F)(F)F)cc1Cl. The second-order valence-corrected chi connectivity index (χ2v) is 24.6. The normalized spacial score (nSPS) is 15.9. The number of imide groups is 1. The number of nitrogens with zero attached hydrogens (tertiary/aromatic N) is 1. The van der Waals surface area contributed by atoms with Gasteiger partial charge in [-0.1, -0.05) is 103 Å². The molecule has 3 amide bonds. The molecule has 0 saturated heterocycles. The zero-order valence-corrected chi connectivity index (χ0v) is 47.9. The molecule has 0 aromatic heterocycles. The van der Waals surface area contributed by atoms with Crippen molar-refractivity contribution in [3.05, 3.63) is 129 Å². The molecule has 1 aliphatic carbocycles. The van der Waals surface area contributed by atoms with Crippen LogP contribution in [0, 0.1) is 40.2 Å². The maximum absolute atomic E-state index is 13.6. The van der Waals surface area contributed by atoms with E-state index in [9.17, 15) is 77.5 Å². The van der Waals surface area contributed by atoms with Gasteiger partial charge in [0.25, 0.3) is 12.1 Å². The van der Waals surface area contributed by atoms with E-state index in [-0.39, 0.29) is 19.6 Å². The molecular weight excluding hydrogens is 1250 g/mol. The van der Waals surface area contributed by atoms with Crippen molar-refractivity contribution in [2.45, 2.75) is 70.1 Å². The van der Waals surface area contributed by atoms with Crippen molar-refractivity contribution >= 4 is 99.2 Å². The van der Waals surface area contributed by atoms with Gasteiger partial charge in [-0.2, -0.15) is 40.4 Å². The fourth-order valence-corrected chi connectivity index (χ4v) is 11.0. The lowest BCUT2D eigenvalue weighted by atomic mass is 10.1. The largest absolute Gasteiger partial charge is 0.466 e. The Morgan fingerprint density at radius 2 is 1.41 bits per heavy atom. The van der Waals surface area contributed by atoms with Crippen molar-refractivity contribution in [1.82, 2.24) is 5.32 Å². The monoisotopic (exact) mass is 1290 g/mol. The van der Waals surface area contributed by atoms with Gasteiger partial charge in [0.1, 0.15) is 50.8 Å². The lowest BCUT2D eigenvalue weighted by molar-refractivity contribution is -0.305. The van der Waals surface area contributed by atoms with Crippen molar-refractivity contribution in [3.8, 4) is 23.3 Å². The van der Waals surface area contributed by atoms with Gasteiger partial charge in [-0.3, -0.25) is 24.5 Å². The van der Waals surface area contributed by atoms with Crippen LogP contribution in [-0.4, -0.2) is 87.2 Å². The number of hydrogen-bond donors (Lipinski definition) is 2. The van der Waals surface area contributed by atoms with E-state index in [4.69, 9.17) is 74.6 Å². The minimum absolute atomic E-state index is 0.123. The molecule has 1 fully saturated rings. The Balaban J connectivity index is 0.000000334. The van der Waals surface area contributed by atoms with E-state index in [0.717, 1.165) is 35.7 Å². The van der Waals surface area contributed by atoms with Crippen molar-refractivity contribution in [2.24, 2.45) is 17.3 Å². The van der Waals surface area contributed by atoms with E-state index in [1.165, 1.54) is 14.2 Å². The lowest BCUT2D eigenvalue weighted by Crippen LogP contribution is -2.45. The summed E-state index contributed by atoms with van der Waals surface area (Å²) in [4.78, 5) is 59.6. The number of esters is 3. The number of carbonyl (C=O) groups excluding carboxylic acids is 5. The first-order valence-corrected chi connectivity index (χ1v) is 28.3. The summed E-state index contributed by atoms with van der Waals surface area (Å²) >= 11 is 22.8. The van der Waals surface area contributed by atoms with Crippen LogP contribution >= 0.6 is 51.9 Å². The minimum Gasteiger partial charge on any atom is -0.466 e. The van der Waals surface area contributed by atoms with Crippen LogP contribution in [0.4, 0.5) is 58.8 Å². The molecule has 0 bridgehead atoms. The van der Waals surface area contributed by atoms with E-state index in [2.05, 4.69) is 4.74 Å². The molecule has 1 aliphatic rings. The van der Waals surface area contributed by atoms with Gasteiger partial charge in [0.15, 0.2) is 0 Å². The van der Waals surface area contributed by atoms with Crippen LogP contribution in [0.2, 0.25) is 10.0 Å². The van der Waals surface area contributed by atoms with Gasteiger partial charge < -0.3 is 38.0 Å². The smallest absolute Gasteiger partial charge is 0.439 e. The van der Waals surface area contributed by atoms with Crippen LogP contribution in [0.15, 0.2) is 96.0 Å². The molecule has 5 rings (SSSR count). The molecule has 5 atom stereocenters. The number of benzene rings is 4. The van der Waals surface area contributed by atoms with Crippen LogP contribution < -0.4 is 20.1 Å². The van der Waals surface area contributed by atoms with Gasteiger partial charge in [-0.15, -0.1) is 0 Å². The van der Waals surface area contributed by atoms with Crippen molar-refractivity contribution < 1.29 is 105 Å². The van der Waals surface area contributed by atoms with E-state index in [1.807, 2.05) is 29.6 Å². The molecule has 3 unspecified atom stereocenters. The maximum atomic E-state index is 13.6. The number of halogens is 14. The zero-order valence-electron chi connectivity index (χ0n) is 43.1. The molecule has 2 N–H and O–H groups in total. The summed E-state index contributed by atoms with van der Waals surface area (Å²) in [5.74, 6) is -7.47. The third-order valence-electron chi connectivity index (χ3n) is 10.7. The molecule has 0 aliphatic heterocycles. The number of carbonyl (C=O) groups is 5. The molecule has 15 nitrogen and oxygen atoms in total. The summed E-state index contributed by atoms with van der Waals surface area (Å²) in [5.41, 5.74) is -4.57. The molecule has 0 spiro atoms. The van der Waals surface area contributed by atoms with Gasteiger partial charge in [0.05, 0.1) is 41.3 Å². The highest BCUT2D eigenvalue weighted by molar-refractivity contribution is 8.68. The third kappa shape index (κ3) is 20.8. The summed E-state index contributed by atoms with van der Waals surface area (Å²) in [6, 6.07) is 19.6. The van der Waals surface area contributed by atoms with Gasteiger partial charge in [-0.05, 0) is 79.5 Å². The quantitative estimate of drug-likeness (QED) is 0.0366. The molecule has 0 radical (unpaired) electrons. The highest BCUT2D eigenvalue weighted by atomic mass is 35.5. The Labute approximate surface area is 484 Å². The summed E-state index contributed by atoms with van der Waals surface area (Å²) in [7, 11) is 2.81. The summed E-state index contributed by atoms with van der Waals surface area (Å²) in [5, 5.41) is 9.44. The zero-order chi connectivity index (χ0) is 62.1. The van der Waals surface area contributed by atoms with Crippen LogP contribution in [0.1, 0.15) is 56.1 Å². The first-order chi connectivity index (χ1) is 38.1. The third-order valence-corrected chi connectivity index (χ3v) is 17.5. The molecule has 82 heavy (non-hydrogen) atoms. The molecule has 1 saturated carbocycles. The number of allylic oxidation sites excluding steroid dienone is 2. The Bertz CT molecular complexity index is 3010. The van der Waals surface area contributed by atoms with Gasteiger partial charge in [0.2, 0.25) is 11.8 Å². The molecule has 4 aromatic rings. The van der Waals surface area contributed by atoms with E-state index in [1.54, 1.807) is 69.4 Å². The van der Waals surface area contributed by atoms with E-state index in [0.29, 0.717) is 29.2 Å². The number of rotatable bonds is 20. The molecular formula is C50H46Cl3F11N3O12PS2. The number of amides is 3. The standard InChI is InChI=1S/C23H19ClF3NO3.C17H8Cl2F8N2O3.C10H19O6PS2/c1-22(2)17(12-19(24)23(25,26)27)20(22)21(29)31-18(13-28)14-7-6-10-16(11-14)30-15-8-4-3-5-9-15;18-6-5-11(32-17(26,27)14(22)16(23,24)25)7(19)4-10(6)28-15(31)29-13(30)12-8(20)2-1-3-9(12)21;1-5-15-9(11)7-8(10(12)16-6-2)19-17(18,13-3)14-4/h3-12,17-18,20H,1-2H3;1-5,14H,(H2,28,29,30,31);8H,5-7H2,1-4H3/b19-12-;;/t17-,18?,20-;;/m0../s1. The maximum Gasteiger partial charge on any atom is 0.439 e. The number of urea groups is 1. The molecule has 0 heterocycles. The predicted octanol–water partition coefficient (Wildman–Crippen LogP) is 14.8. The second kappa shape index (κ2) is 30.6. The molecule has 32 heteroatoms. The number of nitriles is 1. The topological polar surface area (TPSA) is 198 Å². The number of hydrogen-bond acceptors (Lipinski definition) is 15. The summed E-state index contributed by atoms with van der Waals surface area (Å²) < 4.78 is 176.